The van der Waals surface area contributed by atoms with Gasteiger partial charge in [-0.2, -0.15) is 0 Å². The van der Waals surface area contributed by atoms with E-state index in [1.54, 1.807) is 14.2 Å². The average Bonchev–Trinajstić information content (AvgIpc) is 2.55. The third-order valence-electron chi connectivity index (χ3n) is 3.45. The van der Waals surface area contributed by atoms with Gasteiger partial charge in [-0.15, -0.1) is 0 Å². The maximum atomic E-state index is 5.30. The van der Waals surface area contributed by atoms with E-state index in [0.717, 1.165) is 22.2 Å². The molecular weight excluding hydrogens is 278 g/mol. The molecule has 3 rings (SSSR count). The number of nitrogens with zero attached hydrogens (tertiary/aromatic N) is 2. The van der Waals surface area contributed by atoms with Crippen molar-refractivity contribution in [3.05, 3.63) is 48.2 Å². The molecule has 5 nitrogen and oxygen atoms in total. The zero-order valence-corrected chi connectivity index (χ0v) is 12.8. The summed E-state index contributed by atoms with van der Waals surface area (Å²) < 4.78 is 10.5. The van der Waals surface area contributed by atoms with E-state index in [9.17, 15) is 0 Å². The van der Waals surface area contributed by atoms with Crippen LogP contribution in [-0.2, 0) is 0 Å². The van der Waals surface area contributed by atoms with Gasteiger partial charge in [-0.3, -0.25) is 0 Å². The smallest absolute Gasteiger partial charge is 0.227 e. The Balaban J connectivity index is 1.94. The monoisotopic (exact) mass is 295 g/mol. The van der Waals surface area contributed by atoms with Gasteiger partial charge in [0.05, 0.1) is 19.7 Å². The van der Waals surface area contributed by atoms with Crippen LogP contribution in [0.25, 0.3) is 10.9 Å². The van der Waals surface area contributed by atoms with Gasteiger partial charge in [0.25, 0.3) is 0 Å². The Morgan fingerprint density at radius 2 is 1.82 bits per heavy atom. The van der Waals surface area contributed by atoms with Gasteiger partial charge in [0.2, 0.25) is 5.95 Å². The molecule has 0 aliphatic heterocycles. The lowest BCUT2D eigenvalue weighted by Gasteiger charge is -2.11. The van der Waals surface area contributed by atoms with Gasteiger partial charge in [0, 0.05) is 23.3 Å². The fraction of sp³-hybridized carbons (Fsp3) is 0.176. The fourth-order valence-electron chi connectivity index (χ4n) is 2.31. The number of aromatic nitrogens is 2. The number of rotatable bonds is 4. The van der Waals surface area contributed by atoms with Gasteiger partial charge in [0.1, 0.15) is 0 Å². The Morgan fingerprint density at radius 3 is 2.59 bits per heavy atom. The predicted molar refractivity (Wildman–Crippen MR) is 87.1 cm³/mol. The second-order valence-electron chi connectivity index (χ2n) is 4.90. The van der Waals surface area contributed by atoms with Crippen molar-refractivity contribution in [3.63, 3.8) is 0 Å². The fourth-order valence-corrected chi connectivity index (χ4v) is 2.31. The molecule has 1 N–H and O–H groups in total. The number of methoxy groups -OCH3 is 2. The molecule has 2 aromatic carbocycles. The van der Waals surface area contributed by atoms with Crippen LogP contribution >= 0.6 is 0 Å². The Hall–Kier alpha value is -2.82. The van der Waals surface area contributed by atoms with E-state index in [0.29, 0.717) is 17.4 Å². The summed E-state index contributed by atoms with van der Waals surface area (Å²) >= 11 is 0. The molecule has 0 bridgehead atoms. The summed E-state index contributed by atoms with van der Waals surface area (Å²) in [4.78, 5) is 8.92. The number of nitrogens with one attached hydrogen (secondary N) is 1. The summed E-state index contributed by atoms with van der Waals surface area (Å²) in [6, 6.07) is 11.6. The quantitative estimate of drug-likeness (QED) is 0.795. The molecule has 1 aromatic heterocycles. The summed E-state index contributed by atoms with van der Waals surface area (Å²) in [5, 5.41) is 4.22. The summed E-state index contributed by atoms with van der Waals surface area (Å²) in [5.74, 6) is 1.89. The van der Waals surface area contributed by atoms with Gasteiger partial charge < -0.3 is 14.8 Å². The Labute approximate surface area is 128 Å². The van der Waals surface area contributed by atoms with Gasteiger partial charge in [-0.25, -0.2) is 9.97 Å². The molecule has 0 amide bonds. The zero-order valence-electron chi connectivity index (χ0n) is 12.8. The number of benzene rings is 2. The summed E-state index contributed by atoms with van der Waals surface area (Å²) in [5.41, 5.74) is 2.90. The van der Waals surface area contributed by atoms with Crippen LogP contribution in [0.3, 0.4) is 0 Å². The summed E-state index contributed by atoms with van der Waals surface area (Å²) in [6.07, 6.45) is 1.82. The SMILES string of the molecule is COc1ccc(Nc2ncc3cccc(C)c3n2)cc1OC. The van der Waals surface area contributed by atoms with Gasteiger partial charge in [-0.1, -0.05) is 18.2 Å². The number of para-hydroxylation sites is 1. The molecule has 0 atom stereocenters. The zero-order chi connectivity index (χ0) is 15.5. The van der Waals surface area contributed by atoms with Crippen LogP contribution in [-0.4, -0.2) is 24.2 Å². The number of hydrogen-bond donors (Lipinski definition) is 1. The second kappa shape index (κ2) is 5.89. The van der Waals surface area contributed by atoms with Crippen LogP contribution in [0.4, 0.5) is 11.6 Å². The van der Waals surface area contributed by atoms with E-state index in [-0.39, 0.29) is 0 Å². The topological polar surface area (TPSA) is 56.3 Å². The molecule has 3 aromatic rings. The van der Waals surface area contributed by atoms with Crippen molar-refractivity contribution < 1.29 is 9.47 Å². The molecule has 0 fully saturated rings. The minimum absolute atomic E-state index is 0.550. The molecule has 0 spiro atoms. The average molecular weight is 295 g/mol. The minimum atomic E-state index is 0.550. The first-order valence-corrected chi connectivity index (χ1v) is 6.92. The molecule has 22 heavy (non-hydrogen) atoms. The first-order chi connectivity index (χ1) is 10.7. The molecule has 0 unspecified atom stereocenters. The van der Waals surface area contributed by atoms with Gasteiger partial charge in [0.15, 0.2) is 11.5 Å². The largest absolute Gasteiger partial charge is 0.493 e. The standard InChI is InChI=1S/C17H17N3O2/c1-11-5-4-6-12-10-18-17(20-16(11)12)19-13-7-8-14(21-2)15(9-13)22-3/h4-10H,1-3H3,(H,18,19,20). The minimum Gasteiger partial charge on any atom is -0.493 e. The second-order valence-corrected chi connectivity index (χ2v) is 4.90. The first kappa shape index (κ1) is 14.1. The number of fused-ring (bicyclic) bond motifs is 1. The van der Waals surface area contributed by atoms with E-state index in [2.05, 4.69) is 15.3 Å². The number of anilines is 2. The van der Waals surface area contributed by atoms with E-state index < -0.39 is 0 Å². The molecule has 0 saturated heterocycles. The molecule has 0 aliphatic carbocycles. The molecule has 5 heteroatoms. The van der Waals surface area contributed by atoms with Crippen molar-refractivity contribution in [1.29, 1.82) is 0 Å². The highest BCUT2D eigenvalue weighted by Crippen LogP contribution is 2.30. The van der Waals surface area contributed by atoms with Crippen molar-refractivity contribution in [2.24, 2.45) is 0 Å². The molecule has 0 aliphatic rings. The highest BCUT2D eigenvalue weighted by atomic mass is 16.5. The van der Waals surface area contributed by atoms with Crippen LogP contribution in [0.1, 0.15) is 5.56 Å². The van der Waals surface area contributed by atoms with E-state index >= 15 is 0 Å². The van der Waals surface area contributed by atoms with Crippen LogP contribution in [0, 0.1) is 6.92 Å². The maximum absolute atomic E-state index is 5.30. The lowest BCUT2D eigenvalue weighted by Crippen LogP contribution is -1.99. The summed E-state index contributed by atoms with van der Waals surface area (Å²) in [6.45, 7) is 2.04. The molecule has 1 heterocycles. The van der Waals surface area contributed by atoms with Crippen LogP contribution < -0.4 is 14.8 Å². The van der Waals surface area contributed by atoms with Crippen molar-refractivity contribution in [3.8, 4) is 11.5 Å². The lowest BCUT2D eigenvalue weighted by atomic mass is 10.1. The Morgan fingerprint density at radius 1 is 1.00 bits per heavy atom. The highest BCUT2D eigenvalue weighted by molar-refractivity contribution is 5.82. The van der Waals surface area contributed by atoms with Crippen molar-refractivity contribution in [2.75, 3.05) is 19.5 Å². The van der Waals surface area contributed by atoms with Crippen molar-refractivity contribution >= 4 is 22.5 Å². The molecule has 0 saturated carbocycles. The van der Waals surface area contributed by atoms with Crippen molar-refractivity contribution in [2.45, 2.75) is 6.92 Å². The third-order valence-corrected chi connectivity index (χ3v) is 3.45. The van der Waals surface area contributed by atoms with Crippen LogP contribution in [0.15, 0.2) is 42.6 Å². The molecule has 112 valence electrons. The van der Waals surface area contributed by atoms with Crippen LogP contribution in [0.5, 0.6) is 11.5 Å². The highest BCUT2D eigenvalue weighted by Gasteiger charge is 2.07. The van der Waals surface area contributed by atoms with Gasteiger partial charge >= 0.3 is 0 Å². The maximum Gasteiger partial charge on any atom is 0.227 e. The van der Waals surface area contributed by atoms with E-state index in [1.807, 2.05) is 49.5 Å². The van der Waals surface area contributed by atoms with E-state index in [4.69, 9.17) is 9.47 Å². The summed E-state index contributed by atoms with van der Waals surface area (Å²) in [7, 11) is 3.22. The lowest BCUT2D eigenvalue weighted by molar-refractivity contribution is 0.355. The molecule has 0 radical (unpaired) electrons. The number of aryl methyl sites for hydroxylation is 1. The van der Waals surface area contributed by atoms with E-state index in [1.165, 1.54) is 0 Å². The number of hydrogen-bond acceptors (Lipinski definition) is 5. The first-order valence-electron chi connectivity index (χ1n) is 6.92. The third kappa shape index (κ3) is 2.65. The normalized spacial score (nSPS) is 10.5. The number of ether oxygens (including phenoxy) is 2. The Bertz CT molecular complexity index is 818. The molecular formula is C17H17N3O2. The predicted octanol–water partition coefficient (Wildman–Crippen LogP) is 3.70. The van der Waals surface area contributed by atoms with Crippen LogP contribution in [0.2, 0.25) is 0 Å². The van der Waals surface area contributed by atoms with Gasteiger partial charge in [-0.05, 0) is 24.6 Å². The Kier molecular flexibility index (Phi) is 3.78. The van der Waals surface area contributed by atoms with Crippen molar-refractivity contribution in [1.82, 2.24) is 9.97 Å².